The Labute approximate surface area is 157 Å². The lowest BCUT2D eigenvalue weighted by Crippen LogP contribution is -2.52. The van der Waals surface area contributed by atoms with Crippen molar-refractivity contribution in [3.8, 4) is 0 Å². The van der Waals surface area contributed by atoms with Gasteiger partial charge in [-0.05, 0) is 44.5 Å². The zero-order valence-corrected chi connectivity index (χ0v) is 15.4. The van der Waals surface area contributed by atoms with E-state index in [1.165, 1.54) is 13.0 Å². The number of carboxylic acids is 1. The Morgan fingerprint density at radius 1 is 1.15 bits per heavy atom. The van der Waals surface area contributed by atoms with Crippen LogP contribution in [0.4, 0.5) is 10.1 Å². The summed E-state index contributed by atoms with van der Waals surface area (Å²) in [5.74, 6) is -1.59. The summed E-state index contributed by atoms with van der Waals surface area (Å²) >= 11 is 0. The van der Waals surface area contributed by atoms with Crippen molar-refractivity contribution in [3.05, 3.63) is 29.6 Å². The molecule has 0 aliphatic carbocycles. The van der Waals surface area contributed by atoms with Gasteiger partial charge in [-0.2, -0.15) is 0 Å². The number of nitrogens with zero attached hydrogens (tertiary/aromatic N) is 3. The fourth-order valence-corrected chi connectivity index (χ4v) is 3.75. The minimum atomic E-state index is -0.880. The number of rotatable bonds is 5. The lowest BCUT2D eigenvalue weighted by molar-refractivity contribution is -0.143. The van der Waals surface area contributed by atoms with Crippen molar-refractivity contribution in [2.75, 3.05) is 44.2 Å². The number of carbonyl (C=O) groups is 3. The number of carbonyl (C=O) groups excluding carboxylic acids is 2. The lowest BCUT2D eigenvalue weighted by atomic mass is 10.1. The van der Waals surface area contributed by atoms with Gasteiger partial charge in [-0.1, -0.05) is 0 Å². The molecule has 1 atom stereocenters. The summed E-state index contributed by atoms with van der Waals surface area (Å²) in [5, 5.41) is 9.22. The zero-order chi connectivity index (χ0) is 19.6. The molecule has 1 amide bonds. The van der Waals surface area contributed by atoms with Gasteiger partial charge in [0.1, 0.15) is 11.9 Å². The third kappa shape index (κ3) is 4.27. The van der Waals surface area contributed by atoms with Crippen LogP contribution in [-0.2, 0) is 9.59 Å². The van der Waals surface area contributed by atoms with Crippen molar-refractivity contribution in [3.63, 3.8) is 0 Å². The first kappa shape index (κ1) is 19.3. The average Bonchev–Trinajstić information content (AvgIpc) is 3.10. The second-order valence-electron chi connectivity index (χ2n) is 7.06. The topological polar surface area (TPSA) is 81.2 Å². The molecule has 2 aliphatic rings. The number of anilines is 1. The molecule has 0 saturated carbocycles. The van der Waals surface area contributed by atoms with Gasteiger partial charge in [-0.15, -0.1) is 0 Å². The van der Waals surface area contributed by atoms with Crippen LogP contribution in [0.25, 0.3) is 0 Å². The second kappa shape index (κ2) is 8.04. The molecule has 1 N–H and O–H groups in total. The maximum atomic E-state index is 14.3. The maximum Gasteiger partial charge on any atom is 0.320 e. The number of carboxylic acid groups (broad SMARTS) is 1. The van der Waals surface area contributed by atoms with Crippen LogP contribution in [0, 0.1) is 5.82 Å². The molecule has 0 bridgehead atoms. The van der Waals surface area contributed by atoms with Crippen LogP contribution in [0.2, 0.25) is 0 Å². The van der Waals surface area contributed by atoms with E-state index in [1.54, 1.807) is 21.9 Å². The minimum Gasteiger partial charge on any atom is -0.480 e. The minimum absolute atomic E-state index is 0.0878. The molecular weight excluding hydrogens is 353 g/mol. The highest BCUT2D eigenvalue weighted by molar-refractivity contribution is 5.94. The molecule has 3 rings (SSSR count). The van der Waals surface area contributed by atoms with Crippen LogP contribution in [0.3, 0.4) is 0 Å². The molecule has 0 aromatic heterocycles. The SMILES string of the molecule is CC(=O)c1ccc(N2CCN(C(=O)CN3CCC[C@H]3C(=O)O)CC2)c(F)c1. The maximum absolute atomic E-state index is 14.3. The van der Waals surface area contributed by atoms with Crippen molar-refractivity contribution in [2.45, 2.75) is 25.8 Å². The molecule has 146 valence electrons. The molecule has 8 heteroatoms. The first-order valence-electron chi connectivity index (χ1n) is 9.17. The number of piperazine rings is 1. The van der Waals surface area contributed by atoms with Gasteiger partial charge in [0.15, 0.2) is 5.78 Å². The summed E-state index contributed by atoms with van der Waals surface area (Å²) in [6.45, 7) is 4.02. The Kier molecular flexibility index (Phi) is 5.74. The Morgan fingerprint density at radius 3 is 2.44 bits per heavy atom. The highest BCUT2D eigenvalue weighted by atomic mass is 19.1. The van der Waals surface area contributed by atoms with Crippen molar-refractivity contribution in [1.82, 2.24) is 9.80 Å². The summed E-state index contributed by atoms with van der Waals surface area (Å²) in [6, 6.07) is 3.88. The van der Waals surface area contributed by atoms with Crippen molar-refractivity contribution < 1.29 is 23.9 Å². The number of likely N-dealkylation sites (tertiary alicyclic amines) is 1. The number of ketones is 1. The van der Waals surface area contributed by atoms with Crippen molar-refractivity contribution >= 4 is 23.3 Å². The van der Waals surface area contributed by atoms with Crippen molar-refractivity contribution in [2.24, 2.45) is 0 Å². The fourth-order valence-electron chi connectivity index (χ4n) is 3.75. The summed E-state index contributed by atoms with van der Waals surface area (Å²) in [7, 11) is 0. The van der Waals surface area contributed by atoms with Gasteiger partial charge in [-0.3, -0.25) is 19.3 Å². The molecule has 2 fully saturated rings. The van der Waals surface area contributed by atoms with Gasteiger partial charge in [0.2, 0.25) is 5.91 Å². The van der Waals surface area contributed by atoms with Crippen LogP contribution in [0.1, 0.15) is 30.1 Å². The van der Waals surface area contributed by atoms with Gasteiger partial charge in [0.05, 0.1) is 12.2 Å². The van der Waals surface area contributed by atoms with Gasteiger partial charge in [-0.25, -0.2) is 4.39 Å². The third-order valence-electron chi connectivity index (χ3n) is 5.31. The smallest absolute Gasteiger partial charge is 0.320 e. The molecule has 7 nitrogen and oxygen atoms in total. The summed E-state index contributed by atoms with van der Waals surface area (Å²) in [6.07, 6.45) is 1.36. The van der Waals surface area contributed by atoms with E-state index in [0.717, 1.165) is 6.42 Å². The quantitative estimate of drug-likeness (QED) is 0.778. The van der Waals surface area contributed by atoms with Gasteiger partial charge >= 0.3 is 5.97 Å². The highest BCUT2D eigenvalue weighted by Gasteiger charge is 2.33. The molecule has 0 unspecified atom stereocenters. The molecule has 27 heavy (non-hydrogen) atoms. The Bertz CT molecular complexity index is 746. The Morgan fingerprint density at radius 2 is 1.85 bits per heavy atom. The molecule has 2 heterocycles. The number of hydrogen-bond acceptors (Lipinski definition) is 5. The van der Waals surface area contributed by atoms with Gasteiger partial charge < -0.3 is 14.9 Å². The molecule has 2 saturated heterocycles. The molecule has 2 aliphatic heterocycles. The number of aliphatic carboxylic acids is 1. The van der Waals surface area contributed by atoms with E-state index in [4.69, 9.17) is 0 Å². The van der Waals surface area contributed by atoms with Crippen LogP contribution in [0.15, 0.2) is 18.2 Å². The predicted molar refractivity (Wildman–Crippen MR) is 97.4 cm³/mol. The standard InChI is InChI=1S/C19H24FN3O4/c1-13(24)14-4-5-16(15(20)11-14)21-7-9-22(10-8-21)18(25)12-23-6-2-3-17(23)19(26)27/h4-5,11,17H,2-3,6-10,12H2,1H3,(H,26,27)/t17-/m0/s1. The van der Waals surface area contributed by atoms with E-state index in [1.807, 2.05) is 4.90 Å². The molecule has 1 aromatic carbocycles. The number of hydrogen-bond donors (Lipinski definition) is 1. The van der Waals surface area contributed by atoms with Crippen LogP contribution >= 0.6 is 0 Å². The number of benzene rings is 1. The first-order chi connectivity index (χ1) is 12.9. The first-order valence-corrected chi connectivity index (χ1v) is 9.17. The number of halogens is 1. The molecule has 0 spiro atoms. The fraction of sp³-hybridized carbons (Fsp3) is 0.526. The summed E-state index contributed by atoms with van der Waals surface area (Å²) < 4.78 is 14.3. The van der Waals surface area contributed by atoms with Crippen molar-refractivity contribution in [1.29, 1.82) is 0 Å². The third-order valence-corrected chi connectivity index (χ3v) is 5.31. The molecular formula is C19H24FN3O4. The predicted octanol–water partition coefficient (Wildman–Crippen LogP) is 1.23. The van der Waals surface area contributed by atoms with Gasteiger partial charge in [0.25, 0.3) is 0 Å². The average molecular weight is 377 g/mol. The molecule has 1 aromatic rings. The molecule has 0 radical (unpaired) electrons. The van der Waals surface area contributed by atoms with E-state index < -0.39 is 17.8 Å². The van der Waals surface area contributed by atoms with Gasteiger partial charge in [0, 0.05) is 31.7 Å². The normalized spacial score (nSPS) is 20.7. The van der Waals surface area contributed by atoms with E-state index in [2.05, 4.69) is 0 Å². The lowest BCUT2D eigenvalue weighted by Gasteiger charge is -2.37. The largest absolute Gasteiger partial charge is 0.480 e. The summed E-state index contributed by atoms with van der Waals surface area (Å²) in [5.41, 5.74) is 0.765. The van der Waals surface area contributed by atoms with Crippen LogP contribution in [-0.4, -0.2) is 77.9 Å². The van der Waals surface area contributed by atoms with E-state index in [9.17, 15) is 23.9 Å². The number of amides is 1. The van der Waals surface area contributed by atoms with E-state index in [0.29, 0.717) is 50.4 Å². The highest BCUT2D eigenvalue weighted by Crippen LogP contribution is 2.23. The monoisotopic (exact) mass is 377 g/mol. The second-order valence-corrected chi connectivity index (χ2v) is 7.06. The van der Waals surface area contributed by atoms with Crippen LogP contribution in [0.5, 0.6) is 0 Å². The Balaban J connectivity index is 1.56. The summed E-state index contributed by atoms with van der Waals surface area (Å²) in [4.78, 5) is 40.4. The Hall–Kier alpha value is -2.48. The number of Topliss-reactive ketones (excluding diaryl/α,β-unsaturated/α-hetero) is 1. The van der Waals surface area contributed by atoms with E-state index in [-0.39, 0.29) is 18.2 Å². The van der Waals surface area contributed by atoms with Crippen LogP contribution < -0.4 is 4.90 Å². The van der Waals surface area contributed by atoms with E-state index >= 15 is 0 Å². The zero-order valence-electron chi connectivity index (χ0n) is 15.4.